The Morgan fingerprint density at radius 1 is 1.21 bits per heavy atom. The lowest BCUT2D eigenvalue weighted by molar-refractivity contribution is 0.101. The van der Waals surface area contributed by atoms with Crippen LogP contribution in [0.25, 0.3) is 10.9 Å². The quantitative estimate of drug-likeness (QED) is 0.597. The monoisotopic (exact) mass is 408 g/mol. The first-order valence-electron chi connectivity index (χ1n) is 6.96. The minimum absolute atomic E-state index is 0.145. The number of carbonyl (C=O) groups is 1. The molecular formula is C17H11BrClFN2O2. The Morgan fingerprint density at radius 2 is 1.88 bits per heavy atom. The molecule has 24 heavy (non-hydrogen) atoms. The van der Waals surface area contributed by atoms with Gasteiger partial charge >= 0.3 is 0 Å². The second kappa shape index (κ2) is 6.37. The van der Waals surface area contributed by atoms with Crippen molar-refractivity contribution in [1.82, 2.24) is 4.98 Å². The third-order valence-corrected chi connectivity index (χ3v) is 4.37. The number of ketones is 1. The van der Waals surface area contributed by atoms with Gasteiger partial charge < -0.3 is 10.3 Å². The predicted molar refractivity (Wildman–Crippen MR) is 97.0 cm³/mol. The summed E-state index contributed by atoms with van der Waals surface area (Å²) >= 11 is 9.40. The molecule has 0 bridgehead atoms. The molecule has 1 aromatic heterocycles. The third-order valence-electron chi connectivity index (χ3n) is 3.52. The van der Waals surface area contributed by atoms with Crippen molar-refractivity contribution in [3.63, 3.8) is 0 Å². The second-order valence-corrected chi connectivity index (χ2v) is 6.49. The number of anilines is 2. The number of carbonyl (C=O) groups excluding carboxylic acids is 1. The summed E-state index contributed by atoms with van der Waals surface area (Å²) in [7, 11) is 0. The lowest BCUT2D eigenvalue weighted by atomic mass is 10.1. The number of fused-ring (bicyclic) bond motifs is 1. The van der Waals surface area contributed by atoms with Crippen LogP contribution in [-0.4, -0.2) is 10.8 Å². The van der Waals surface area contributed by atoms with E-state index in [1.54, 1.807) is 12.1 Å². The molecule has 2 aromatic carbocycles. The van der Waals surface area contributed by atoms with Gasteiger partial charge in [-0.2, -0.15) is 0 Å². The summed E-state index contributed by atoms with van der Waals surface area (Å²) in [5.41, 5.74) is -0.0445. The van der Waals surface area contributed by atoms with Crippen LogP contribution >= 0.6 is 27.5 Å². The van der Waals surface area contributed by atoms with Crippen molar-refractivity contribution in [3.8, 4) is 0 Å². The Kier molecular flexibility index (Phi) is 4.43. The van der Waals surface area contributed by atoms with Gasteiger partial charge in [-0.05, 0) is 43.3 Å². The summed E-state index contributed by atoms with van der Waals surface area (Å²) in [4.78, 5) is 27.4. The molecular weight excluding hydrogens is 399 g/mol. The number of H-pyrrole nitrogens is 1. The van der Waals surface area contributed by atoms with Gasteiger partial charge in [0, 0.05) is 10.2 Å². The number of benzene rings is 2. The lowest BCUT2D eigenvalue weighted by Gasteiger charge is -2.13. The molecule has 3 aromatic rings. The predicted octanol–water partition coefficient (Wildman–Crippen LogP) is 5.03. The van der Waals surface area contributed by atoms with Gasteiger partial charge in [0.15, 0.2) is 5.78 Å². The first-order chi connectivity index (χ1) is 11.4. The molecule has 0 amide bonds. The van der Waals surface area contributed by atoms with Crippen LogP contribution in [0.1, 0.15) is 17.3 Å². The Labute approximate surface area is 149 Å². The van der Waals surface area contributed by atoms with Crippen molar-refractivity contribution in [2.24, 2.45) is 0 Å². The summed E-state index contributed by atoms with van der Waals surface area (Å²) in [5.74, 6) is -1.03. The Balaban J connectivity index is 2.28. The highest BCUT2D eigenvalue weighted by Crippen LogP contribution is 2.27. The number of Topliss-reactive ketones (excluding diaryl/α,β-unsaturated/α-hetero) is 1. The lowest BCUT2D eigenvalue weighted by Crippen LogP contribution is -2.18. The maximum atomic E-state index is 14.1. The largest absolute Gasteiger partial charge is 0.341 e. The van der Waals surface area contributed by atoms with Crippen LogP contribution in [0.4, 0.5) is 15.9 Å². The zero-order chi connectivity index (χ0) is 17.4. The van der Waals surface area contributed by atoms with Crippen LogP contribution in [0.2, 0.25) is 5.02 Å². The summed E-state index contributed by atoms with van der Waals surface area (Å²) in [6, 6.07) is 9.61. The average Bonchev–Trinajstić information content (AvgIpc) is 2.52. The molecule has 4 nitrogen and oxygen atoms in total. The molecule has 0 saturated carbocycles. The Morgan fingerprint density at radius 3 is 2.50 bits per heavy atom. The third kappa shape index (κ3) is 2.95. The molecule has 0 aliphatic heterocycles. The number of pyridine rings is 1. The van der Waals surface area contributed by atoms with Gasteiger partial charge in [0.05, 0.1) is 15.9 Å². The van der Waals surface area contributed by atoms with Crippen molar-refractivity contribution in [3.05, 3.63) is 67.5 Å². The Bertz CT molecular complexity index is 1020. The molecule has 1 heterocycles. The van der Waals surface area contributed by atoms with Crippen molar-refractivity contribution in [2.45, 2.75) is 6.92 Å². The topological polar surface area (TPSA) is 62.0 Å². The summed E-state index contributed by atoms with van der Waals surface area (Å²) < 4.78 is 14.9. The van der Waals surface area contributed by atoms with Crippen LogP contribution in [0, 0.1) is 5.82 Å². The van der Waals surface area contributed by atoms with Crippen molar-refractivity contribution in [2.75, 3.05) is 5.32 Å². The average molecular weight is 410 g/mol. The fraction of sp³-hybridized carbons (Fsp3) is 0.0588. The van der Waals surface area contributed by atoms with Gasteiger partial charge in [-0.3, -0.25) is 9.59 Å². The van der Waals surface area contributed by atoms with Gasteiger partial charge in [0.25, 0.3) is 0 Å². The number of halogens is 3. The summed E-state index contributed by atoms with van der Waals surface area (Å²) in [6.07, 6.45) is 0. The molecule has 7 heteroatoms. The van der Waals surface area contributed by atoms with Gasteiger partial charge in [-0.25, -0.2) is 4.39 Å². The molecule has 0 aliphatic carbocycles. The van der Waals surface area contributed by atoms with Crippen molar-refractivity contribution < 1.29 is 9.18 Å². The first-order valence-corrected chi connectivity index (χ1v) is 8.13. The van der Waals surface area contributed by atoms with Crippen LogP contribution in [0.3, 0.4) is 0 Å². The zero-order valence-electron chi connectivity index (χ0n) is 12.4. The van der Waals surface area contributed by atoms with Crippen LogP contribution in [0.5, 0.6) is 0 Å². The first kappa shape index (κ1) is 16.7. The van der Waals surface area contributed by atoms with E-state index >= 15 is 0 Å². The highest BCUT2D eigenvalue weighted by Gasteiger charge is 2.19. The molecule has 0 saturated heterocycles. The van der Waals surface area contributed by atoms with E-state index in [0.717, 1.165) is 10.5 Å². The molecule has 0 spiro atoms. The fourth-order valence-electron chi connectivity index (χ4n) is 2.43. The molecule has 0 radical (unpaired) electrons. The molecule has 0 fully saturated rings. The van der Waals surface area contributed by atoms with E-state index in [-0.39, 0.29) is 27.3 Å². The highest BCUT2D eigenvalue weighted by molar-refractivity contribution is 9.10. The van der Waals surface area contributed by atoms with E-state index in [1.165, 1.54) is 13.0 Å². The minimum Gasteiger partial charge on any atom is -0.341 e. The van der Waals surface area contributed by atoms with E-state index in [4.69, 9.17) is 11.6 Å². The number of nitrogens with one attached hydrogen (secondary N) is 2. The van der Waals surface area contributed by atoms with E-state index < -0.39 is 17.0 Å². The maximum absolute atomic E-state index is 14.1. The smallest absolute Gasteiger partial charge is 0.205 e. The molecule has 0 unspecified atom stereocenters. The van der Waals surface area contributed by atoms with E-state index in [1.807, 2.05) is 12.1 Å². The maximum Gasteiger partial charge on any atom is 0.205 e. The fourth-order valence-corrected chi connectivity index (χ4v) is 2.90. The van der Waals surface area contributed by atoms with Gasteiger partial charge in [-0.1, -0.05) is 27.5 Å². The standard InChI is InChI=1S/C17H11BrClFN2O2/c1-8(23)13-16(24)14-12(20)7-6-11(19)15(14)22-17(13)21-10-4-2-9(18)3-5-10/h2-7H,1H3,(H2,21,22,24). The number of hydrogen-bond acceptors (Lipinski definition) is 3. The molecule has 3 rings (SSSR count). The number of rotatable bonds is 3. The number of hydrogen-bond donors (Lipinski definition) is 2. The molecule has 0 atom stereocenters. The van der Waals surface area contributed by atoms with Gasteiger partial charge in [-0.15, -0.1) is 0 Å². The van der Waals surface area contributed by atoms with E-state index in [9.17, 15) is 14.0 Å². The van der Waals surface area contributed by atoms with Gasteiger partial charge in [0.1, 0.15) is 17.2 Å². The van der Waals surface area contributed by atoms with Crippen LogP contribution in [0.15, 0.2) is 45.7 Å². The van der Waals surface area contributed by atoms with E-state index in [0.29, 0.717) is 5.69 Å². The molecule has 122 valence electrons. The normalized spacial score (nSPS) is 10.8. The number of aromatic nitrogens is 1. The minimum atomic E-state index is -0.728. The van der Waals surface area contributed by atoms with Crippen LogP contribution < -0.4 is 10.7 Å². The second-order valence-electron chi connectivity index (χ2n) is 5.17. The van der Waals surface area contributed by atoms with Gasteiger partial charge in [0.2, 0.25) is 5.43 Å². The van der Waals surface area contributed by atoms with Crippen molar-refractivity contribution in [1.29, 1.82) is 0 Å². The SMILES string of the molecule is CC(=O)c1c(Nc2ccc(Br)cc2)[nH]c2c(Cl)ccc(F)c2c1=O. The van der Waals surface area contributed by atoms with Crippen molar-refractivity contribution >= 4 is 55.7 Å². The molecule has 2 N–H and O–H groups in total. The zero-order valence-corrected chi connectivity index (χ0v) is 14.8. The van der Waals surface area contributed by atoms with Crippen LogP contribution in [-0.2, 0) is 0 Å². The Hall–Kier alpha value is -2.18. The van der Waals surface area contributed by atoms with E-state index in [2.05, 4.69) is 26.2 Å². The summed E-state index contributed by atoms with van der Waals surface area (Å²) in [5, 5.41) is 2.95. The molecule has 0 aliphatic rings. The highest BCUT2D eigenvalue weighted by atomic mass is 79.9. The summed E-state index contributed by atoms with van der Waals surface area (Å²) in [6.45, 7) is 1.26. The number of aromatic amines is 1.